The number of nitrogens with zero attached hydrogens (tertiary/aromatic N) is 1. The lowest BCUT2D eigenvalue weighted by Gasteiger charge is -2.36. The van der Waals surface area contributed by atoms with Gasteiger partial charge in [0.2, 0.25) is 0 Å². The molecule has 330 valence electrons. The lowest BCUT2D eigenvalue weighted by Crippen LogP contribution is -2.29. The molecule has 0 unspecified atom stereocenters. The van der Waals surface area contributed by atoms with Gasteiger partial charge < -0.3 is 4.90 Å². The summed E-state index contributed by atoms with van der Waals surface area (Å²) in [6.07, 6.45) is 0. The van der Waals surface area contributed by atoms with Gasteiger partial charge in [-0.25, -0.2) is 0 Å². The molecule has 0 saturated carbocycles. The molecule has 1 nitrogen and oxygen atoms in total. The lowest BCUT2D eigenvalue weighted by molar-refractivity contribution is 0.661. The molecule has 70 heavy (non-hydrogen) atoms. The van der Waals surface area contributed by atoms with Crippen LogP contribution in [0.5, 0.6) is 0 Å². The predicted molar refractivity (Wildman–Crippen MR) is 291 cm³/mol. The minimum atomic E-state index is -0.533. The fraction of sp³-hybridized carbons (Fsp3) is 0.0725. The third-order valence-electron chi connectivity index (χ3n) is 16.2. The number of hydrogen-bond donors (Lipinski definition) is 0. The molecule has 11 aromatic rings. The average Bonchev–Trinajstić information content (AvgIpc) is 3.98. The van der Waals surface area contributed by atoms with E-state index in [9.17, 15) is 0 Å². The molecule has 0 atom stereocenters. The molecule has 0 radical (unpaired) electrons. The van der Waals surface area contributed by atoms with E-state index in [1.54, 1.807) is 0 Å². The Bertz CT molecular complexity index is 3770. The summed E-state index contributed by atoms with van der Waals surface area (Å²) in [4.78, 5) is 2.50. The number of rotatable bonds is 7. The van der Waals surface area contributed by atoms with Crippen LogP contribution in [0, 0.1) is 0 Å². The van der Waals surface area contributed by atoms with Gasteiger partial charge in [-0.05, 0) is 148 Å². The Morgan fingerprint density at radius 3 is 1.17 bits per heavy atom. The Hall–Kier alpha value is -8.52. The third kappa shape index (κ3) is 5.55. The van der Waals surface area contributed by atoms with Crippen molar-refractivity contribution in [2.75, 3.05) is 4.90 Å². The van der Waals surface area contributed by atoms with Crippen molar-refractivity contribution >= 4 is 27.8 Å². The Labute approximate surface area is 410 Å². The molecule has 11 aromatic carbocycles. The van der Waals surface area contributed by atoms with Gasteiger partial charge in [0.25, 0.3) is 0 Å². The average molecular weight is 892 g/mol. The molecule has 14 rings (SSSR count). The minimum Gasteiger partial charge on any atom is -0.310 e. The SMILES string of the molecule is CC1(C)c2cc(N(c3ccc(C4(c5ccccc5)c5ccccc5-c5ccccc54)cc3)c3cccc(C4(c5ccccc5)c5ccccc5-c5ccccc54)c3)ccc2-c2cc3ccccc3cc21. The number of fused-ring (bicyclic) bond motifs is 10. The number of anilines is 3. The molecule has 3 aliphatic rings. The molecular formula is C69H49N. The number of hydrogen-bond acceptors (Lipinski definition) is 1. The molecule has 0 saturated heterocycles. The molecular weight excluding hydrogens is 843 g/mol. The molecule has 0 heterocycles. The summed E-state index contributed by atoms with van der Waals surface area (Å²) in [6, 6.07) is 98.0. The van der Waals surface area contributed by atoms with Gasteiger partial charge >= 0.3 is 0 Å². The summed E-state index contributed by atoms with van der Waals surface area (Å²) < 4.78 is 0. The van der Waals surface area contributed by atoms with Crippen molar-refractivity contribution < 1.29 is 0 Å². The second kappa shape index (κ2) is 15.2. The highest BCUT2D eigenvalue weighted by Crippen LogP contribution is 2.59. The molecule has 0 bridgehead atoms. The van der Waals surface area contributed by atoms with Crippen molar-refractivity contribution in [2.24, 2.45) is 0 Å². The van der Waals surface area contributed by atoms with Crippen LogP contribution in [0.15, 0.2) is 261 Å². The zero-order chi connectivity index (χ0) is 46.6. The Morgan fingerprint density at radius 2 is 0.629 bits per heavy atom. The smallest absolute Gasteiger partial charge is 0.0714 e. The van der Waals surface area contributed by atoms with E-state index in [1.807, 2.05) is 0 Å². The van der Waals surface area contributed by atoms with Gasteiger partial charge in [-0.3, -0.25) is 0 Å². The Morgan fingerprint density at radius 1 is 0.243 bits per heavy atom. The summed E-state index contributed by atoms with van der Waals surface area (Å²) in [6.45, 7) is 4.80. The summed E-state index contributed by atoms with van der Waals surface area (Å²) >= 11 is 0. The predicted octanol–water partition coefficient (Wildman–Crippen LogP) is 17.3. The van der Waals surface area contributed by atoms with Crippen LogP contribution in [0.1, 0.15) is 69.5 Å². The Kier molecular flexibility index (Phi) is 8.83. The van der Waals surface area contributed by atoms with E-state index in [0.717, 1.165) is 17.1 Å². The molecule has 3 aliphatic carbocycles. The number of benzene rings is 11. The third-order valence-corrected chi connectivity index (χ3v) is 16.2. The maximum absolute atomic E-state index is 2.50. The van der Waals surface area contributed by atoms with E-state index in [1.165, 1.54) is 99.8 Å². The van der Waals surface area contributed by atoms with Gasteiger partial charge in [0.05, 0.1) is 10.8 Å². The van der Waals surface area contributed by atoms with E-state index in [4.69, 9.17) is 0 Å². The first-order valence-corrected chi connectivity index (χ1v) is 24.7. The highest BCUT2D eigenvalue weighted by Gasteiger charge is 2.48. The highest BCUT2D eigenvalue weighted by atomic mass is 15.1. The van der Waals surface area contributed by atoms with Crippen LogP contribution in [0.2, 0.25) is 0 Å². The molecule has 0 aliphatic heterocycles. The first-order valence-electron chi connectivity index (χ1n) is 24.7. The fourth-order valence-corrected chi connectivity index (χ4v) is 13.2. The van der Waals surface area contributed by atoms with E-state index >= 15 is 0 Å². The van der Waals surface area contributed by atoms with Gasteiger partial charge in [-0.2, -0.15) is 0 Å². The standard InChI is InChI=1S/C69H49N/c1-67(2)65-43-47-21-10-9-20-46(47)42-60(65)59-41-40-54(45-66(59)67)70(52-38-36-50(37-39-52)68(48-22-5-3-6-23-48)61-32-15-11-28-55(61)56-29-12-16-33-62(56)68)53-27-19-26-51(44-53)69(49-24-7-4-8-25-49)63-34-17-13-30-57(63)58-31-14-18-35-64(58)69/h3-45H,1-2H3. The van der Waals surface area contributed by atoms with Crippen molar-refractivity contribution in [3.63, 3.8) is 0 Å². The van der Waals surface area contributed by atoms with Gasteiger partial charge in [-0.15, -0.1) is 0 Å². The van der Waals surface area contributed by atoms with Crippen LogP contribution < -0.4 is 4.90 Å². The zero-order valence-corrected chi connectivity index (χ0v) is 39.3. The quantitative estimate of drug-likeness (QED) is 0.154. The van der Waals surface area contributed by atoms with Gasteiger partial charge in [0.15, 0.2) is 0 Å². The first-order chi connectivity index (χ1) is 34.5. The highest BCUT2D eigenvalue weighted by molar-refractivity contribution is 5.95. The van der Waals surface area contributed by atoms with E-state index in [2.05, 4.69) is 280 Å². The molecule has 0 aromatic heterocycles. The van der Waals surface area contributed by atoms with Crippen LogP contribution >= 0.6 is 0 Å². The van der Waals surface area contributed by atoms with Crippen molar-refractivity contribution in [2.45, 2.75) is 30.1 Å². The fourth-order valence-electron chi connectivity index (χ4n) is 13.2. The molecule has 0 N–H and O–H groups in total. The van der Waals surface area contributed by atoms with Crippen LogP contribution in [0.4, 0.5) is 17.1 Å². The monoisotopic (exact) mass is 891 g/mol. The second-order valence-corrected chi connectivity index (χ2v) is 19.9. The minimum absolute atomic E-state index is 0.206. The second-order valence-electron chi connectivity index (χ2n) is 19.9. The molecule has 0 spiro atoms. The summed E-state index contributed by atoms with van der Waals surface area (Å²) in [5.41, 5.74) is 22.9. The topological polar surface area (TPSA) is 3.24 Å². The summed E-state index contributed by atoms with van der Waals surface area (Å²) in [5.74, 6) is 0. The zero-order valence-electron chi connectivity index (χ0n) is 39.3. The van der Waals surface area contributed by atoms with Crippen molar-refractivity contribution in [3.8, 4) is 33.4 Å². The van der Waals surface area contributed by atoms with Crippen LogP contribution in [-0.2, 0) is 16.2 Å². The van der Waals surface area contributed by atoms with E-state index in [0.29, 0.717) is 0 Å². The van der Waals surface area contributed by atoms with E-state index < -0.39 is 10.8 Å². The molecule has 0 fully saturated rings. The van der Waals surface area contributed by atoms with Crippen LogP contribution in [0.3, 0.4) is 0 Å². The largest absolute Gasteiger partial charge is 0.310 e. The van der Waals surface area contributed by atoms with Gasteiger partial charge in [-0.1, -0.05) is 226 Å². The van der Waals surface area contributed by atoms with Crippen molar-refractivity contribution in [1.82, 2.24) is 0 Å². The normalized spacial score (nSPS) is 14.8. The van der Waals surface area contributed by atoms with Crippen molar-refractivity contribution in [3.05, 3.63) is 316 Å². The maximum Gasteiger partial charge on any atom is 0.0714 e. The molecule has 1 heteroatoms. The van der Waals surface area contributed by atoms with Crippen molar-refractivity contribution in [1.29, 1.82) is 0 Å². The van der Waals surface area contributed by atoms with E-state index in [-0.39, 0.29) is 5.41 Å². The lowest BCUT2D eigenvalue weighted by atomic mass is 9.67. The first kappa shape index (κ1) is 40.5. The maximum atomic E-state index is 2.50. The van der Waals surface area contributed by atoms with Gasteiger partial charge in [0.1, 0.15) is 0 Å². The van der Waals surface area contributed by atoms with Crippen LogP contribution in [0.25, 0.3) is 44.2 Å². The summed E-state index contributed by atoms with van der Waals surface area (Å²) in [7, 11) is 0. The Balaban J connectivity index is 0.994. The van der Waals surface area contributed by atoms with Crippen LogP contribution in [-0.4, -0.2) is 0 Å². The van der Waals surface area contributed by atoms with Gasteiger partial charge in [0, 0.05) is 22.5 Å². The molecule has 0 amide bonds. The summed E-state index contributed by atoms with van der Waals surface area (Å²) in [5, 5.41) is 2.56.